The number of phenolic OH excluding ortho intramolecular Hbond substituents is 1. The van der Waals surface area contributed by atoms with Crippen molar-refractivity contribution >= 4 is 16.6 Å². The largest absolute Gasteiger partial charge is 0.508 e. The zero-order chi connectivity index (χ0) is 17.2. The third-order valence-corrected chi connectivity index (χ3v) is 4.35. The van der Waals surface area contributed by atoms with Crippen LogP contribution in [0.3, 0.4) is 0 Å². The Kier molecular flexibility index (Phi) is 4.11. The molecule has 128 valence electrons. The summed E-state index contributed by atoms with van der Waals surface area (Å²) in [6.07, 6.45) is 1.80. The molecule has 0 bridgehead atoms. The first kappa shape index (κ1) is 15.7. The predicted octanol–water partition coefficient (Wildman–Crippen LogP) is 2.85. The summed E-state index contributed by atoms with van der Waals surface area (Å²) in [5.74, 6) is 0.751. The number of aromatic nitrogens is 2. The van der Waals surface area contributed by atoms with Gasteiger partial charge in [0.1, 0.15) is 5.75 Å². The predicted molar refractivity (Wildman–Crippen MR) is 96.2 cm³/mol. The number of ether oxygens (including phenoxy) is 2. The zero-order valence-electron chi connectivity index (χ0n) is 14.0. The Hall–Kier alpha value is -2.86. The molecule has 0 aliphatic carbocycles. The maximum atomic E-state index is 9.80. The molecule has 3 heterocycles. The lowest BCUT2D eigenvalue weighted by Crippen LogP contribution is -2.36. The monoisotopic (exact) mass is 337 g/mol. The van der Waals surface area contributed by atoms with Crippen molar-refractivity contribution in [3.63, 3.8) is 0 Å². The number of aromatic hydroxyl groups is 1. The van der Waals surface area contributed by atoms with E-state index in [-0.39, 0.29) is 5.75 Å². The quantitative estimate of drug-likeness (QED) is 0.793. The van der Waals surface area contributed by atoms with Gasteiger partial charge in [-0.25, -0.2) is 9.97 Å². The average molecular weight is 337 g/mol. The molecule has 4 rings (SSSR count). The Labute approximate surface area is 145 Å². The van der Waals surface area contributed by atoms with E-state index >= 15 is 0 Å². The van der Waals surface area contributed by atoms with Gasteiger partial charge in [0.05, 0.1) is 37.2 Å². The first-order chi connectivity index (χ1) is 12.2. The maximum Gasteiger partial charge on any atom is 0.215 e. The SMILES string of the molecule is COc1cc2nc(-c3cccc(O)c3)cc(N3CCOCC3)c2cn1. The number of benzene rings is 1. The summed E-state index contributed by atoms with van der Waals surface area (Å²) in [5, 5.41) is 10.8. The van der Waals surface area contributed by atoms with E-state index in [4.69, 9.17) is 14.5 Å². The molecular weight excluding hydrogens is 318 g/mol. The number of pyridine rings is 2. The van der Waals surface area contributed by atoms with Crippen molar-refractivity contribution in [3.05, 3.63) is 42.6 Å². The van der Waals surface area contributed by atoms with Gasteiger partial charge in [-0.05, 0) is 18.2 Å². The van der Waals surface area contributed by atoms with Gasteiger partial charge in [0, 0.05) is 36.3 Å². The lowest BCUT2D eigenvalue weighted by atomic mass is 10.1. The van der Waals surface area contributed by atoms with E-state index in [9.17, 15) is 5.11 Å². The molecule has 3 aromatic rings. The molecule has 2 aromatic heterocycles. The van der Waals surface area contributed by atoms with Gasteiger partial charge in [0.15, 0.2) is 0 Å². The van der Waals surface area contributed by atoms with Crippen LogP contribution in [0.25, 0.3) is 22.2 Å². The van der Waals surface area contributed by atoms with Crippen molar-refractivity contribution < 1.29 is 14.6 Å². The van der Waals surface area contributed by atoms with Crippen molar-refractivity contribution in [2.75, 3.05) is 38.3 Å². The molecule has 1 N–H and O–H groups in total. The molecule has 0 radical (unpaired) electrons. The third kappa shape index (κ3) is 3.08. The average Bonchev–Trinajstić information content (AvgIpc) is 2.67. The van der Waals surface area contributed by atoms with Crippen molar-refractivity contribution in [1.29, 1.82) is 0 Å². The number of phenols is 1. The highest BCUT2D eigenvalue weighted by atomic mass is 16.5. The molecule has 6 heteroatoms. The highest BCUT2D eigenvalue weighted by molar-refractivity contribution is 5.94. The van der Waals surface area contributed by atoms with E-state index in [1.807, 2.05) is 18.2 Å². The molecule has 1 aliphatic rings. The molecular formula is C19H19N3O3. The summed E-state index contributed by atoms with van der Waals surface area (Å²) >= 11 is 0. The van der Waals surface area contributed by atoms with Gasteiger partial charge < -0.3 is 19.5 Å². The molecule has 0 unspecified atom stereocenters. The third-order valence-electron chi connectivity index (χ3n) is 4.35. The number of methoxy groups -OCH3 is 1. The lowest BCUT2D eigenvalue weighted by molar-refractivity contribution is 0.123. The number of rotatable bonds is 3. The van der Waals surface area contributed by atoms with Gasteiger partial charge in [-0.2, -0.15) is 0 Å². The van der Waals surface area contributed by atoms with Gasteiger partial charge in [-0.3, -0.25) is 0 Å². The van der Waals surface area contributed by atoms with E-state index in [0.29, 0.717) is 19.1 Å². The topological polar surface area (TPSA) is 67.7 Å². The second-order valence-electron chi connectivity index (χ2n) is 5.92. The molecule has 25 heavy (non-hydrogen) atoms. The van der Waals surface area contributed by atoms with Gasteiger partial charge in [0.2, 0.25) is 5.88 Å². The molecule has 1 aliphatic heterocycles. The number of nitrogens with zero attached hydrogens (tertiary/aromatic N) is 3. The summed E-state index contributed by atoms with van der Waals surface area (Å²) in [6.45, 7) is 3.05. The van der Waals surface area contributed by atoms with Crippen molar-refractivity contribution in [1.82, 2.24) is 9.97 Å². The molecule has 1 fully saturated rings. The van der Waals surface area contributed by atoms with Crippen LogP contribution in [0.5, 0.6) is 11.6 Å². The first-order valence-electron chi connectivity index (χ1n) is 8.21. The molecule has 0 saturated carbocycles. The van der Waals surface area contributed by atoms with Crippen molar-refractivity contribution in [3.8, 4) is 22.9 Å². The van der Waals surface area contributed by atoms with E-state index < -0.39 is 0 Å². The number of hydrogen-bond acceptors (Lipinski definition) is 6. The van der Waals surface area contributed by atoms with E-state index in [1.165, 1.54) is 0 Å². The van der Waals surface area contributed by atoms with Crippen molar-refractivity contribution in [2.24, 2.45) is 0 Å². The van der Waals surface area contributed by atoms with E-state index in [1.54, 1.807) is 25.4 Å². The van der Waals surface area contributed by atoms with Crippen LogP contribution < -0.4 is 9.64 Å². The number of hydrogen-bond donors (Lipinski definition) is 1. The Morgan fingerprint density at radius 3 is 2.76 bits per heavy atom. The van der Waals surface area contributed by atoms with Crippen LogP contribution >= 0.6 is 0 Å². The molecule has 0 spiro atoms. The first-order valence-corrected chi connectivity index (χ1v) is 8.21. The summed E-state index contributed by atoms with van der Waals surface area (Å²) in [6, 6.07) is 11.0. The summed E-state index contributed by atoms with van der Waals surface area (Å²) < 4.78 is 10.7. The summed E-state index contributed by atoms with van der Waals surface area (Å²) in [5.41, 5.74) is 3.56. The maximum absolute atomic E-state index is 9.80. The van der Waals surface area contributed by atoms with Gasteiger partial charge in [-0.1, -0.05) is 12.1 Å². The Morgan fingerprint density at radius 1 is 1.16 bits per heavy atom. The highest BCUT2D eigenvalue weighted by Gasteiger charge is 2.17. The number of anilines is 1. The second-order valence-corrected chi connectivity index (χ2v) is 5.92. The van der Waals surface area contributed by atoms with Crippen LogP contribution in [0.1, 0.15) is 0 Å². The summed E-state index contributed by atoms with van der Waals surface area (Å²) in [7, 11) is 1.59. The van der Waals surface area contributed by atoms with E-state index in [0.717, 1.165) is 40.9 Å². The Morgan fingerprint density at radius 2 is 2.00 bits per heavy atom. The Bertz CT molecular complexity index is 908. The molecule has 6 nitrogen and oxygen atoms in total. The summed E-state index contributed by atoms with van der Waals surface area (Å²) in [4.78, 5) is 11.4. The van der Waals surface area contributed by atoms with Gasteiger partial charge in [-0.15, -0.1) is 0 Å². The zero-order valence-corrected chi connectivity index (χ0v) is 14.0. The van der Waals surface area contributed by atoms with Crippen LogP contribution in [-0.4, -0.2) is 48.5 Å². The highest BCUT2D eigenvalue weighted by Crippen LogP contribution is 2.33. The fourth-order valence-corrected chi connectivity index (χ4v) is 3.08. The number of morpholine rings is 1. The standard InChI is InChI=1S/C19H19N3O3/c1-24-19-11-17-15(12-20-19)18(22-5-7-25-8-6-22)10-16(21-17)13-3-2-4-14(23)9-13/h2-4,9-12,23H,5-8H2,1H3. The van der Waals surface area contributed by atoms with Crippen LogP contribution in [0.15, 0.2) is 42.6 Å². The number of fused-ring (bicyclic) bond motifs is 1. The van der Waals surface area contributed by atoms with Crippen LogP contribution in [0.2, 0.25) is 0 Å². The molecule has 0 amide bonds. The van der Waals surface area contributed by atoms with Crippen molar-refractivity contribution in [2.45, 2.75) is 0 Å². The molecule has 1 saturated heterocycles. The Balaban J connectivity index is 1.91. The fraction of sp³-hybridized carbons (Fsp3) is 0.263. The van der Waals surface area contributed by atoms with E-state index in [2.05, 4.69) is 16.0 Å². The molecule has 1 aromatic carbocycles. The molecule has 0 atom stereocenters. The van der Waals surface area contributed by atoms with Gasteiger partial charge in [0.25, 0.3) is 0 Å². The second kappa shape index (κ2) is 6.57. The minimum atomic E-state index is 0.222. The normalized spacial score (nSPS) is 14.7. The minimum absolute atomic E-state index is 0.222. The van der Waals surface area contributed by atoms with Crippen LogP contribution in [0.4, 0.5) is 5.69 Å². The van der Waals surface area contributed by atoms with Crippen LogP contribution in [-0.2, 0) is 4.74 Å². The van der Waals surface area contributed by atoms with Crippen LogP contribution in [0, 0.1) is 0 Å². The smallest absolute Gasteiger partial charge is 0.215 e. The lowest BCUT2D eigenvalue weighted by Gasteiger charge is -2.30. The fourth-order valence-electron chi connectivity index (χ4n) is 3.08. The minimum Gasteiger partial charge on any atom is -0.508 e. The van der Waals surface area contributed by atoms with Gasteiger partial charge >= 0.3 is 0 Å².